The van der Waals surface area contributed by atoms with Crippen LogP contribution in [-0.2, 0) is 16.1 Å². The van der Waals surface area contributed by atoms with Crippen molar-refractivity contribution in [3.05, 3.63) is 106 Å². The Bertz CT molecular complexity index is 1420. The Kier molecular flexibility index (Phi) is 7.06. The van der Waals surface area contributed by atoms with Crippen molar-refractivity contribution in [3.63, 3.8) is 0 Å². The predicted molar refractivity (Wildman–Crippen MR) is 135 cm³/mol. The highest BCUT2D eigenvalue weighted by Gasteiger charge is 2.28. The lowest BCUT2D eigenvalue weighted by atomic mass is 10.1. The second-order valence-corrected chi connectivity index (χ2v) is 8.48. The van der Waals surface area contributed by atoms with Crippen molar-refractivity contribution in [3.8, 4) is 0 Å². The molecule has 1 N–H and O–H groups in total. The number of aromatic nitrogens is 2. The monoisotopic (exact) mass is 469 g/mol. The van der Waals surface area contributed by atoms with E-state index >= 15 is 0 Å². The summed E-state index contributed by atoms with van der Waals surface area (Å²) in [5.74, 6) is -1.27. The summed E-state index contributed by atoms with van der Waals surface area (Å²) in [6.07, 6.45) is -0.540. The molecule has 0 bridgehead atoms. The van der Waals surface area contributed by atoms with Crippen LogP contribution in [0.25, 0.3) is 10.8 Å². The van der Waals surface area contributed by atoms with Crippen molar-refractivity contribution in [2.75, 3.05) is 5.32 Å². The van der Waals surface area contributed by atoms with E-state index in [1.807, 2.05) is 45.0 Å². The van der Waals surface area contributed by atoms with Crippen LogP contribution in [0.1, 0.15) is 46.6 Å². The third-order valence-electron chi connectivity index (χ3n) is 5.55. The summed E-state index contributed by atoms with van der Waals surface area (Å²) in [4.78, 5) is 39.5. The highest BCUT2D eigenvalue weighted by Crippen LogP contribution is 2.24. The number of benzene rings is 3. The number of nitrogens with one attached hydrogen (secondary N) is 1. The molecule has 35 heavy (non-hydrogen) atoms. The average Bonchev–Trinajstić information content (AvgIpc) is 2.84. The molecular formula is C28H27N3O4. The molecule has 3 aromatic carbocycles. The minimum Gasteiger partial charge on any atom is -0.442 e. The summed E-state index contributed by atoms with van der Waals surface area (Å²) in [5, 5.41) is 7.93. The smallest absolute Gasteiger partial charge is 0.360 e. The van der Waals surface area contributed by atoms with Crippen LogP contribution in [-0.4, -0.2) is 21.7 Å². The van der Waals surface area contributed by atoms with Gasteiger partial charge in [-0.1, -0.05) is 61.5 Å². The zero-order chi connectivity index (χ0) is 24.9. The molecule has 1 amide bonds. The van der Waals surface area contributed by atoms with Crippen LogP contribution in [0.5, 0.6) is 0 Å². The Balaban J connectivity index is 1.72. The molecular weight excluding hydrogens is 442 g/mol. The molecule has 0 aliphatic carbocycles. The maximum Gasteiger partial charge on any atom is 0.360 e. The fourth-order valence-corrected chi connectivity index (χ4v) is 4.07. The molecule has 0 fully saturated rings. The van der Waals surface area contributed by atoms with E-state index in [-0.39, 0.29) is 11.3 Å². The number of amides is 1. The molecule has 0 aliphatic heterocycles. The number of nitrogens with zero attached hydrogens (tertiary/aromatic N) is 2. The van der Waals surface area contributed by atoms with Gasteiger partial charge in [0.15, 0.2) is 5.69 Å². The van der Waals surface area contributed by atoms with E-state index in [4.69, 9.17) is 4.74 Å². The topological polar surface area (TPSA) is 90.3 Å². The fraction of sp³-hybridized carbons (Fsp3) is 0.214. The normalized spacial score (nSPS) is 11.7. The molecule has 0 spiro atoms. The molecule has 0 saturated heterocycles. The minimum absolute atomic E-state index is 0.00576. The third kappa shape index (κ3) is 5.30. The zero-order valence-electron chi connectivity index (χ0n) is 19.9. The molecule has 0 radical (unpaired) electrons. The van der Waals surface area contributed by atoms with E-state index in [9.17, 15) is 14.4 Å². The van der Waals surface area contributed by atoms with E-state index in [0.29, 0.717) is 35.0 Å². The van der Waals surface area contributed by atoms with Gasteiger partial charge in [0.1, 0.15) is 0 Å². The van der Waals surface area contributed by atoms with Gasteiger partial charge in [-0.2, -0.15) is 5.10 Å². The van der Waals surface area contributed by atoms with Crippen LogP contribution < -0.4 is 10.9 Å². The summed E-state index contributed by atoms with van der Waals surface area (Å²) in [7, 11) is 0. The third-order valence-corrected chi connectivity index (χ3v) is 5.55. The first-order valence-corrected chi connectivity index (χ1v) is 11.5. The largest absolute Gasteiger partial charge is 0.442 e. The van der Waals surface area contributed by atoms with Gasteiger partial charge in [-0.15, -0.1) is 0 Å². The molecule has 0 aliphatic rings. The number of carbonyl (C=O) groups is 2. The fourth-order valence-electron chi connectivity index (χ4n) is 4.07. The number of hydrogen-bond donors (Lipinski definition) is 1. The van der Waals surface area contributed by atoms with Gasteiger partial charge >= 0.3 is 5.97 Å². The molecule has 7 heteroatoms. The van der Waals surface area contributed by atoms with Crippen molar-refractivity contribution in [1.29, 1.82) is 0 Å². The van der Waals surface area contributed by atoms with Crippen LogP contribution in [0, 0.1) is 13.8 Å². The summed E-state index contributed by atoms with van der Waals surface area (Å²) in [5.41, 5.74) is 2.86. The Hall–Kier alpha value is -4.26. The van der Waals surface area contributed by atoms with Gasteiger partial charge in [0.2, 0.25) is 6.10 Å². The van der Waals surface area contributed by atoms with Crippen molar-refractivity contribution in [1.82, 2.24) is 9.78 Å². The van der Waals surface area contributed by atoms with Gasteiger partial charge < -0.3 is 10.1 Å². The second kappa shape index (κ2) is 10.3. The summed E-state index contributed by atoms with van der Waals surface area (Å²) < 4.78 is 7.04. The van der Waals surface area contributed by atoms with Crippen LogP contribution >= 0.6 is 0 Å². The highest BCUT2D eigenvalue weighted by molar-refractivity contribution is 6.04. The van der Waals surface area contributed by atoms with Gasteiger partial charge in [0, 0.05) is 23.2 Å². The van der Waals surface area contributed by atoms with Crippen LogP contribution in [0.2, 0.25) is 0 Å². The predicted octanol–water partition coefficient (Wildman–Crippen LogP) is 4.96. The quantitative estimate of drug-likeness (QED) is 0.386. The summed E-state index contributed by atoms with van der Waals surface area (Å²) >= 11 is 0. The first-order chi connectivity index (χ1) is 16.9. The number of carbonyl (C=O) groups excluding carboxylic acids is 2. The maximum atomic E-state index is 13.4. The van der Waals surface area contributed by atoms with Crippen molar-refractivity contribution in [2.45, 2.75) is 39.8 Å². The molecule has 4 aromatic rings. The van der Waals surface area contributed by atoms with Crippen LogP contribution in [0.15, 0.2) is 77.6 Å². The summed E-state index contributed by atoms with van der Waals surface area (Å²) in [6.45, 7) is 6.17. The molecule has 1 heterocycles. The number of ether oxygens (including phenoxy) is 1. The van der Waals surface area contributed by atoms with Gasteiger partial charge in [-0.25, -0.2) is 9.48 Å². The van der Waals surface area contributed by atoms with E-state index in [1.54, 1.807) is 48.5 Å². The van der Waals surface area contributed by atoms with Crippen LogP contribution in [0.3, 0.4) is 0 Å². The Morgan fingerprint density at radius 1 is 0.943 bits per heavy atom. The lowest BCUT2D eigenvalue weighted by Crippen LogP contribution is -2.29. The zero-order valence-corrected chi connectivity index (χ0v) is 19.9. The molecule has 4 rings (SSSR count). The lowest BCUT2D eigenvalue weighted by molar-refractivity contribution is -0.125. The lowest BCUT2D eigenvalue weighted by Gasteiger charge is -2.19. The number of esters is 1. The highest BCUT2D eigenvalue weighted by atomic mass is 16.5. The molecule has 178 valence electrons. The van der Waals surface area contributed by atoms with E-state index in [2.05, 4.69) is 10.4 Å². The molecule has 1 aromatic heterocycles. The SMILES string of the molecule is CCCn1nc(C(=O)OC(C(=O)Nc2cc(C)cc(C)c2)c2ccccc2)c2ccccc2c1=O. The minimum atomic E-state index is -1.21. The Morgan fingerprint density at radius 2 is 1.57 bits per heavy atom. The standard InChI is InChI=1S/C28H27N3O4/c1-4-14-31-27(33)23-13-9-8-12-22(23)24(30-31)28(34)35-25(20-10-6-5-7-11-20)26(32)29-21-16-18(2)15-19(3)17-21/h5-13,15-17,25H,4,14H2,1-3H3,(H,29,32). The second-order valence-electron chi connectivity index (χ2n) is 8.48. The van der Waals surface area contributed by atoms with E-state index in [1.165, 1.54) is 4.68 Å². The van der Waals surface area contributed by atoms with Crippen molar-refractivity contribution in [2.24, 2.45) is 0 Å². The van der Waals surface area contributed by atoms with Gasteiger partial charge in [-0.3, -0.25) is 9.59 Å². The van der Waals surface area contributed by atoms with Crippen molar-refractivity contribution < 1.29 is 14.3 Å². The van der Waals surface area contributed by atoms with Gasteiger partial charge in [0.05, 0.1) is 5.39 Å². The molecule has 1 unspecified atom stereocenters. The number of rotatable bonds is 7. The van der Waals surface area contributed by atoms with E-state index in [0.717, 1.165) is 11.1 Å². The summed E-state index contributed by atoms with van der Waals surface area (Å²) in [6, 6.07) is 21.3. The molecule has 1 atom stereocenters. The number of hydrogen-bond acceptors (Lipinski definition) is 5. The van der Waals surface area contributed by atoms with Gasteiger partial charge in [-0.05, 0) is 49.6 Å². The number of anilines is 1. The maximum absolute atomic E-state index is 13.4. The van der Waals surface area contributed by atoms with Crippen LogP contribution in [0.4, 0.5) is 5.69 Å². The van der Waals surface area contributed by atoms with Crippen molar-refractivity contribution >= 4 is 28.3 Å². The Morgan fingerprint density at radius 3 is 2.23 bits per heavy atom. The number of fused-ring (bicyclic) bond motifs is 1. The first kappa shape index (κ1) is 23.9. The molecule has 0 saturated carbocycles. The van der Waals surface area contributed by atoms with Gasteiger partial charge in [0.25, 0.3) is 11.5 Å². The number of aryl methyl sites for hydroxylation is 3. The first-order valence-electron chi connectivity index (χ1n) is 11.5. The van der Waals surface area contributed by atoms with E-state index < -0.39 is 18.0 Å². The molecule has 7 nitrogen and oxygen atoms in total. The Labute approximate surface area is 203 Å². The average molecular weight is 470 g/mol.